The SMILES string of the molecule is CCS(=O)NC(=O)c1ccc(OCC(C)C)cc1N1CCN(Cc2nc3ccccc3s2)CC1. The Labute approximate surface area is 207 Å². The van der Waals surface area contributed by atoms with Crippen LogP contribution in [0.15, 0.2) is 42.5 Å². The number of carbonyl (C=O) groups is 1. The molecular weight excluding hydrogens is 468 g/mol. The Balaban J connectivity index is 1.47. The molecule has 1 unspecified atom stereocenters. The summed E-state index contributed by atoms with van der Waals surface area (Å²) < 4.78 is 21.7. The molecule has 1 amide bonds. The number of amides is 1. The van der Waals surface area contributed by atoms with Gasteiger partial charge in [0.25, 0.3) is 5.91 Å². The minimum Gasteiger partial charge on any atom is -0.493 e. The van der Waals surface area contributed by atoms with Gasteiger partial charge in [-0.2, -0.15) is 0 Å². The van der Waals surface area contributed by atoms with Crippen molar-refractivity contribution in [2.45, 2.75) is 27.3 Å². The van der Waals surface area contributed by atoms with Crippen molar-refractivity contribution in [3.8, 4) is 5.75 Å². The summed E-state index contributed by atoms with van der Waals surface area (Å²) in [5.74, 6) is 1.21. The summed E-state index contributed by atoms with van der Waals surface area (Å²) in [4.78, 5) is 22.2. The number of ether oxygens (including phenoxy) is 1. The Morgan fingerprint density at radius 2 is 1.94 bits per heavy atom. The van der Waals surface area contributed by atoms with Crippen LogP contribution in [0.5, 0.6) is 5.75 Å². The van der Waals surface area contributed by atoms with Gasteiger partial charge in [-0.05, 0) is 30.2 Å². The Bertz CT molecular complexity index is 1120. The van der Waals surface area contributed by atoms with Crippen molar-refractivity contribution in [3.63, 3.8) is 0 Å². The molecule has 0 spiro atoms. The Morgan fingerprint density at radius 3 is 2.65 bits per heavy atom. The van der Waals surface area contributed by atoms with Gasteiger partial charge in [-0.1, -0.05) is 32.9 Å². The van der Waals surface area contributed by atoms with E-state index in [1.54, 1.807) is 24.3 Å². The average Bonchev–Trinajstić information content (AvgIpc) is 3.25. The molecule has 1 N–H and O–H groups in total. The molecule has 1 saturated heterocycles. The number of carbonyl (C=O) groups excluding carboxylic acids is 1. The van der Waals surface area contributed by atoms with Gasteiger partial charge in [0.1, 0.15) is 21.7 Å². The van der Waals surface area contributed by atoms with Gasteiger partial charge >= 0.3 is 0 Å². The number of thiazole rings is 1. The zero-order valence-corrected chi connectivity index (χ0v) is 21.6. The summed E-state index contributed by atoms with van der Waals surface area (Å²) in [6.07, 6.45) is 0. The number of benzene rings is 2. The Kier molecular flexibility index (Phi) is 8.18. The number of aromatic nitrogens is 1. The second-order valence-electron chi connectivity index (χ2n) is 8.79. The van der Waals surface area contributed by atoms with E-state index in [1.807, 2.05) is 24.3 Å². The van der Waals surface area contributed by atoms with Crippen LogP contribution in [0.4, 0.5) is 5.69 Å². The highest BCUT2D eigenvalue weighted by molar-refractivity contribution is 7.83. The minimum atomic E-state index is -1.38. The third kappa shape index (κ3) is 6.14. The lowest BCUT2D eigenvalue weighted by atomic mass is 10.1. The monoisotopic (exact) mass is 500 g/mol. The predicted molar refractivity (Wildman–Crippen MR) is 140 cm³/mol. The molecule has 34 heavy (non-hydrogen) atoms. The number of rotatable bonds is 9. The number of nitrogens with zero attached hydrogens (tertiary/aromatic N) is 3. The standard InChI is InChI=1S/C25H32N4O3S2/c1-4-34(31)27-25(30)20-10-9-19(32-17-18(2)3)15-22(20)29-13-11-28(12-14-29)16-24-26-21-7-5-6-8-23(21)33-24/h5-10,15,18H,4,11-14,16-17H2,1-3H3,(H,27,30). The van der Waals surface area contributed by atoms with Crippen LogP contribution in [0.1, 0.15) is 36.1 Å². The summed E-state index contributed by atoms with van der Waals surface area (Å²) in [5, 5.41) is 1.13. The second kappa shape index (κ2) is 11.3. The van der Waals surface area contributed by atoms with E-state index in [4.69, 9.17) is 9.72 Å². The average molecular weight is 501 g/mol. The van der Waals surface area contributed by atoms with E-state index < -0.39 is 11.0 Å². The second-order valence-corrected chi connectivity index (χ2v) is 11.4. The highest BCUT2D eigenvalue weighted by Gasteiger charge is 2.24. The molecule has 1 aliphatic rings. The lowest BCUT2D eigenvalue weighted by Crippen LogP contribution is -2.46. The van der Waals surface area contributed by atoms with Crippen molar-refractivity contribution in [1.82, 2.24) is 14.6 Å². The molecular formula is C25H32N4O3S2. The maximum atomic E-state index is 12.9. The summed E-state index contributed by atoms with van der Waals surface area (Å²) in [7, 11) is -1.38. The maximum Gasteiger partial charge on any atom is 0.265 e. The quantitative estimate of drug-likeness (QED) is 0.478. The van der Waals surface area contributed by atoms with Crippen molar-refractivity contribution >= 4 is 44.1 Å². The van der Waals surface area contributed by atoms with Gasteiger partial charge in [-0.25, -0.2) is 9.19 Å². The van der Waals surface area contributed by atoms with E-state index in [0.29, 0.717) is 23.8 Å². The highest BCUT2D eigenvalue weighted by Crippen LogP contribution is 2.29. The number of anilines is 1. The van der Waals surface area contributed by atoms with Crippen LogP contribution in [-0.2, 0) is 17.5 Å². The van der Waals surface area contributed by atoms with Crippen molar-refractivity contribution in [3.05, 3.63) is 53.0 Å². The number of hydrogen-bond donors (Lipinski definition) is 1. The summed E-state index contributed by atoms with van der Waals surface area (Å²) in [6, 6.07) is 13.8. The summed E-state index contributed by atoms with van der Waals surface area (Å²) in [6.45, 7) is 10.7. The lowest BCUT2D eigenvalue weighted by molar-refractivity contribution is 0.0983. The van der Waals surface area contributed by atoms with Crippen LogP contribution in [0, 0.1) is 5.92 Å². The van der Waals surface area contributed by atoms with Gasteiger partial charge in [0.05, 0.1) is 34.6 Å². The van der Waals surface area contributed by atoms with E-state index in [2.05, 4.69) is 40.5 Å². The Hall–Kier alpha value is -2.49. The molecule has 7 nitrogen and oxygen atoms in total. The molecule has 1 aliphatic heterocycles. The fraction of sp³-hybridized carbons (Fsp3) is 0.440. The van der Waals surface area contributed by atoms with Crippen LogP contribution in [-0.4, -0.2) is 58.5 Å². The third-order valence-corrected chi connectivity index (χ3v) is 7.63. The number of nitrogens with one attached hydrogen (secondary N) is 1. The lowest BCUT2D eigenvalue weighted by Gasteiger charge is -2.36. The molecule has 2 aromatic carbocycles. The molecule has 0 saturated carbocycles. The van der Waals surface area contributed by atoms with Crippen LogP contribution in [0.2, 0.25) is 0 Å². The number of para-hydroxylation sites is 1. The van der Waals surface area contributed by atoms with Crippen molar-refractivity contribution in [2.24, 2.45) is 5.92 Å². The first-order valence-corrected chi connectivity index (χ1v) is 13.8. The largest absolute Gasteiger partial charge is 0.493 e. The normalized spacial score (nSPS) is 15.6. The molecule has 1 atom stereocenters. The van der Waals surface area contributed by atoms with Gasteiger partial charge in [0, 0.05) is 38.0 Å². The van der Waals surface area contributed by atoms with Crippen LogP contribution in [0.25, 0.3) is 10.2 Å². The van der Waals surface area contributed by atoms with Gasteiger partial charge < -0.3 is 9.64 Å². The van der Waals surface area contributed by atoms with E-state index >= 15 is 0 Å². The first kappa shape index (κ1) is 24.6. The fourth-order valence-corrected chi connectivity index (χ4v) is 5.34. The molecule has 0 bridgehead atoms. The first-order chi connectivity index (χ1) is 16.4. The summed E-state index contributed by atoms with van der Waals surface area (Å²) in [5.41, 5.74) is 2.41. The van der Waals surface area contributed by atoms with E-state index in [-0.39, 0.29) is 5.91 Å². The molecule has 3 aromatic rings. The van der Waals surface area contributed by atoms with E-state index in [0.717, 1.165) is 54.7 Å². The molecule has 1 aromatic heterocycles. The number of piperazine rings is 1. The molecule has 0 radical (unpaired) electrons. The van der Waals surface area contributed by atoms with Gasteiger partial charge in [0.2, 0.25) is 0 Å². The topological polar surface area (TPSA) is 74.8 Å². The summed E-state index contributed by atoms with van der Waals surface area (Å²) >= 11 is 1.75. The van der Waals surface area contributed by atoms with Crippen molar-refractivity contribution in [1.29, 1.82) is 0 Å². The minimum absolute atomic E-state index is 0.317. The zero-order valence-electron chi connectivity index (χ0n) is 20.0. The molecule has 2 heterocycles. The zero-order chi connectivity index (χ0) is 24.1. The van der Waals surface area contributed by atoms with Crippen LogP contribution >= 0.6 is 11.3 Å². The predicted octanol–water partition coefficient (Wildman–Crippen LogP) is 4.07. The number of fused-ring (bicyclic) bond motifs is 1. The first-order valence-electron chi connectivity index (χ1n) is 11.7. The van der Waals surface area contributed by atoms with Gasteiger partial charge in [0.15, 0.2) is 0 Å². The maximum absolute atomic E-state index is 12.9. The van der Waals surface area contributed by atoms with Gasteiger partial charge in [-0.3, -0.25) is 14.4 Å². The third-order valence-electron chi connectivity index (χ3n) is 5.68. The van der Waals surface area contributed by atoms with Gasteiger partial charge in [-0.15, -0.1) is 11.3 Å². The van der Waals surface area contributed by atoms with Crippen molar-refractivity contribution < 1.29 is 13.7 Å². The fourth-order valence-electron chi connectivity index (χ4n) is 3.87. The smallest absolute Gasteiger partial charge is 0.265 e. The molecule has 9 heteroatoms. The molecule has 4 rings (SSSR count). The highest BCUT2D eigenvalue weighted by atomic mass is 32.2. The van der Waals surface area contributed by atoms with Crippen molar-refractivity contribution in [2.75, 3.05) is 43.4 Å². The molecule has 0 aliphatic carbocycles. The van der Waals surface area contributed by atoms with E-state index in [1.165, 1.54) is 4.70 Å². The van der Waals surface area contributed by atoms with E-state index in [9.17, 15) is 9.00 Å². The molecule has 1 fully saturated rings. The molecule has 182 valence electrons. The van der Waals surface area contributed by atoms with Crippen LogP contribution in [0.3, 0.4) is 0 Å². The van der Waals surface area contributed by atoms with Crippen LogP contribution < -0.4 is 14.4 Å². The number of hydrogen-bond acceptors (Lipinski definition) is 7. The Morgan fingerprint density at radius 1 is 1.18 bits per heavy atom.